The summed E-state index contributed by atoms with van der Waals surface area (Å²) in [7, 11) is 5.35. The molecule has 0 aromatic carbocycles. The summed E-state index contributed by atoms with van der Waals surface area (Å²) in [6, 6.07) is 0. The van der Waals surface area contributed by atoms with Crippen LogP contribution in [0.4, 0.5) is 18.3 Å². The maximum atomic E-state index is 12.0. The van der Waals surface area contributed by atoms with E-state index in [0.717, 1.165) is 10.0 Å². The average Bonchev–Trinajstić information content (AvgIpc) is 2.75. The summed E-state index contributed by atoms with van der Waals surface area (Å²) < 4.78 is 41.1. The Kier molecular flexibility index (Phi) is 6.54. The van der Waals surface area contributed by atoms with Crippen molar-refractivity contribution in [2.45, 2.75) is 32.0 Å². The van der Waals surface area contributed by atoms with Crippen LogP contribution in [-0.2, 0) is 6.54 Å². The number of unbranched alkanes of at least 4 members (excludes halogenated alkanes) is 1. The standard InChI is InChI=1S/C12H20F3N3OS/c1-18(2)11-17-10(19-3)9(20-11)8-16-7-5-4-6-12(13,14)15/h16H,4-8H2,1-3H3. The van der Waals surface area contributed by atoms with E-state index in [-0.39, 0.29) is 6.42 Å². The zero-order chi connectivity index (χ0) is 15.2. The highest BCUT2D eigenvalue weighted by Gasteiger charge is 2.25. The van der Waals surface area contributed by atoms with Crippen LogP contribution < -0.4 is 15.0 Å². The summed E-state index contributed by atoms with van der Waals surface area (Å²) in [4.78, 5) is 7.15. The fraction of sp³-hybridized carbons (Fsp3) is 0.750. The number of hydrogen-bond acceptors (Lipinski definition) is 5. The Balaban J connectivity index is 2.31. The number of ether oxygens (including phenoxy) is 1. The first-order valence-electron chi connectivity index (χ1n) is 6.32. The Bertz CT molecular complexity index is 407. The molecule has 0 bridgehead atoms. The topological polar surface area (TPSA) is 37.4 Å². The van der Waals surface area contributed by atoms with Gasteiger partial charge in [0.15, 0.2) is 5.13 Å². The number of anilines is 1. The molecule has 1 heterocycles. The molecule has 0 fully saturated rings. The summed E-state index contributed by atoms with van der Waals surface area (Å²) in [5.74, 6) is 0.571. The molecule has 0 aliphatic heterocycles. The largest absolute Gasteiger partial charge is 0.480 e. The van der Waals surface area contributed by atoms with Gasteiger partial charge in [-0.1, -0.05) is 11.3 Å². The highest BCUT2D eigenvalue weighted by atomic mass is 32.1. The van der Waals surface area contributed by atoms with Gasteiger partial charge in [0.2, 0.25) is 5.88 Å². The van der Waals surface area contributed by atoms with Crippen molar-refractivity contribution in [3.63, 3.8) is 0 Å². The molecule has 0 aliphatic carbocycles. The lowest BCUT2D eigenvalue weighted by atomic mass is 10.2. The van der Waals surface area contributed by atoms with Crippen LogP contribution in [0.5, 0.6) is 5.88 Å². The predicted molar refractivity (Wildman–Crippen MR) is 74.6 cm³/mol. The lowest BCUT2D eigenvalue weighted by molar-refractivity contribution is -0.135. The quantitative estimate of drug-likeness (QED) is 0.749. The van der Waals surface area contributed by atoms with E-state index < -0.39 is 12.6 Å². The monoisotopic (exact) mass is 311 g/mol. The van der Waals surface area contributed by atoms with Crippen LogP contribution in [0.15, 0.2) is 0 Å². The minimum atomic E-state index is -4.05. The molecule has 0 radical (unpaired) electrons. The van der Waals surface area contributed by atoms with Gasteiger partial charge in [0.25, 0.3) is 0 Å². The first kappa shape index (κ1) is 17.0. The number of alkyl halides is 3. The highest BCUT2D eigenvalue weighted by molar-refractivity contribution is 7.15. The summed E-state index contributed by atoms with van der Waals surface area (Å²) in [6.07, 6.45) is -4.12. The van der Waals surface area contributed by atoms with Gasteiger partial charge in [-0.05, 0) is 19.4 Å². The minimum Gasteiger partial charge on any atom is -0.480 e. The molecule has 1 aromatic rings. The number of rotatable bonds is 8. The maximum absolute atomic E-state index is 12.0. The van der Waals surface area contributed by atoms with Crippen molar-refractivity contribution in [1.82, 2.24) is 10.3 Å². The Morgan fingerprint density at radius 1 is 1.30 bits per heavy atom. The molecule has 0 amide bonds. The molecule has 0 aliphatic rings. The Labute approximate surface area is 120 Å². The van der Waals surface area contributed by atoms with Crippen LogP contribution >= 0.6 is 11.3 Å². The summed E-state index contributed by atoms with van der Waals surface area (Å²) in [6.45, 7) is 1.11. The van der Waals surface area contributed by atoms with E-state index in [9.17, 15) is 13.2 Å². The molecule has 0 unspecified atom stereocenters. The van der Waals surface area contributed by atoms with Gasteiger partial charge in [0, 0.05) is 27.1 Å². The minimum absolute atomic E-state index is 0.152. The predicted octanol–water partition coefficient (Wildman–Crippen LogP) is 3.04. The molecule has 1 N–H and O–H groups in total. The normalized spacial score (nSPS) is 11.7. The van der Waals surface area contributed by atoms with Crippen molar-refractivity contribution in [2.24, 2.45) is 0 Å². The molecule has 116 valence electrons. The Morgan fingerprint density at radius 3 is 2.55 bits per heavy atom. The maximum Gasteiger partial charge on any atom is 0.389 e. The first-order valence-corrected chi connectivity index (χ1v) is 7.13. The van der Waals surface area contributed by atoms with E-state index in [4.69, 9.17) is 4.74 Å². The molecule has 0 saturated heterocycles. The van der Waals surface area contributed by atoms with Crippen LogP contribution in [0.2, 0.25) is 0 Å². The van der Waals surface area contributed by atoms with E-state index in [1.54, 1.807) is 7.11 Å². The third-order valence-electron chi connectivity index (χ3n) is 2.58. The van der Waals surface area contributed by atoms with E-state index in [2.05, 4.69) is 10.3 Å². The van der Waals surface area contributed by atoms with Gasteiger partial charge in [-0.25, -0.2) is 0 Å². The summed E-state index contributed by atoms with van der Waals surface area (Å²) in [5.41, 5.74) is 0. The van der Waals surface area contributed by atoms with Gasteiger partial charge < -0.3 is 15.0 Å². The number of hydrogen-bond donors (Lipinski definition) is 1. The number of thiazole rings is 1. The van der Waals surface area contributed by atoms with Crippen LogP contribution in [0.3, 0.4) is 0 Å². The fourth-order valence-electron chi connectivity index (χ4n) is 1.57. The number of methoxy groups -OCH3 is 1. The van der Waals surface area contributed by atoms with E-state index in [1.807, 2.05) is 19.0 Å². The molecule has 1 rings (SSSR count). The van der Waals surface area contributed by atoms with Crippen LogP contribution in [0.1, 0.15) is 24.1 Å². The molecule has 20 heavy (non-hydrogen) atoms. The van der Waals surface area contributed by atoms with Gasteiger partial charge in [-0.2, -0.15) is 18.2 Å². The van der Waals surface area contributed by atoms with E-state index >= 15 is 0 Å². The molecule has 0 atom stereocenters. The molecule has 4 nitrogen and oxygen atoms in total. The molecular formula is C12H20F3N3OS. The lowest BCUT2D eigenvalue weighted by Crippen LogP contribution is -2.15. The third kappa shape index (κ3) is 5.96. The summed E-state index contributed by atoms with van der Waals surface area (Å²) >= 11 is 1.51. The zero-order valence-electron chi connectivity index (χ0n) is 11.9. The Hall–Kier alpha value is -1.02. The molecule has 1 aromatic heterocycles. The van der Waals surface area contributed by atoms with Gasteiger partial charge in [-0.3, -0.25) is 0 Å². The average molecular weight is 311 g/mol. The van der Waals surface area contributed by atoms with Gasteiger partial charge in [-0.15, -0.1) is 0 Å². The second-order valence-electron chi connectivity index (χ2n) is 4.57. The second kappa shape index (κ2) is 7.68. The van der Waals surface area contributed by atoms with Crippen LogP contribution in [-0.4, -0.2) is 38.9 Å². The van der Waals surface area contributed by atoms with Crippen LogP contribution in [0, 0.1) is 0 Å². The second-order valence-corrected chi connectivity index (χ2v) is 5.63. The Morgan fingerprint density at radius 2 is 2.00 bits per heavy atom. The molecule has 0 spiro atoms. The third-order valence-corrected chi connectivity index (χ3v) is 3.78. The number of nitrogens with one attached hydrogen (secondary N) is 1. The van der Waals surface area contributed by atoms with Gasteiger partial charge in [0.1, 0.15) is 0 Å². The zero-order valence-corrected chi connectivity index (χ0v) is 12.7. The lowest BCUT2D eigenvalue weighted by Gasteiger charge is -2.06. The molecule has 8 heteroatoms. The number of aromatic nitrogens is 1. The van der Waals surface area contributed by atoms with Crippen LogP contribution in [0.25, 0.3) is 0 Å². The van der Waals surface area contributed by atoms with E-state index in [1.165, 1.54) is 11.3 Å². The van der Waals surface area contributed by atoms with Crippen molar-refractivity contribution in [1.29, 1.82) is 0 Å². The molecule has 0 saturated carbocycles. The van der Waals surface area contributed by atoms with Crippen molar-refractivity contribution in [3.05, 3.63) is 4.88 Å². The van der Waals surface area contributed by atoms with Crippen molar-refractivity contribution in [2.75, 3.05) is 32.6 Å². The summed E-state index contributed by atoms with van der Waals surface area (Å²) in [5, 5.41) is 3.96. The van der Waals surface area contributed by atoms with Crippen molar-refractivity contribution < 1.29 is 17.9 Å². The molecular weight excluding hydrogens is 291 g/mol. The fourth-order valence-corrected chi connectivity index (χ4v) is 2.49. The van der Waals surface area contributed by atoms with Gasteiger partial charge in [0.05, 0.1) is 12.0 Å². The number of nitrogens with zero attached hydrogens (tertiary/aromatic N) is 2. The van der Waals surface area contributed by atoms with E-state index in [0.29, 0.717) is 25.4 Å². The van der Waals surface area contributed by atoms with Crippen molar-refractivity contribution >= 4 is 16.5 Å². The van der Waals surface area contributed by atoms with Gasteiger partial charge >= 0.3 is 6.18 Å². The number of halogens is 3. The smallest absolute Gasteiger partial charge is 0.389 e. The van der Waals surface area contributed by atoms with Crippen molar-refractivity contribution in [3.8, 4) is 5.88 Å². The highest BCUT2D eigenvalue weighted by Crippen LogP contribution is 2.30. The SMILES string of the molecule is COc1nc(N(C)C)sc1CNCCCCC(F)(F)F. The first-order chi connectivity index (χ1) is 9.33.